The Labute approximate surface area is 172 Å². The Morgan fingerprint density at radius 2 is 2.04 bits per heavy atom. The van der Waals surface area contributed by atoms with Gasteiger partial charge in [0.1, 0.15) is 0 Å². The molecule has 144 valence electrons. The number of hydrogen-bond acceptors (Lipinski definition) is 5. The van der Waals surface area contributed by atoms with Crippen LogP contribution in [0.15, 0.2) is 4.99 Å². The predicted octanol–water partition coefficient (Wildman–Crippen LogP) is 2.20. The third-order valence-corrected chi connectivity index (χ3v) is 5.36. The number of aliphatic imine (C=N–C) groups is 1. The minimum Gasteiger partial charge on any atom is -0.379 e. The number of morpholine rings is 1. The van der Waals surface area contributed by atoms with Gasteiger partial charge in [-0.15, -0.1) is 35.3 Å². The Morgan fingerprint density at radius 3 is 2.64 bits per heavy atom. The summed E-state index contributed by atoms with van der Waals surface area (Å²) in [5.74, 6) is 0.891. The van der Waals surface area contributed by atoms with Crippen molar-refractivity contribution in [2.45, 2.75) is 40.2 Å². The molecular formula is C17H32IN5OS. The molecule has 1 aliphatic heterocycles. The van der Waals surface area contributed by atoms with Gasteiger partial charge in [0.15, 0.2) is 5.96 Å². The van der Waals surface area contributed by atoms with Gasteiger partial charge in [-0.25, -0.2) is 4.98 Å². The van der Waals surface area contributed by atoms with Gasteiger partial charge >= 0.3 is 0 Å². The molecule has 1 unspecified atom stereocenters. The van der Waals surface area contributed by atoms with E-state index in [1.165, 1.54) is 9.88 Å². The lowest BCUT2D eigenvalue weighted by Crippen LogP contribution is -2.44. The van der Waals surface area contributed by atoms with Gasteiger partial charge in [0.25, 0.3) is 0 Å². The molecule has 6 nitrogen and oxygen atoms in total. The quantitative estimate of drug-likeness (QED) is 0.355. The average Bonchev–Trinajstić information content (AvgIpc) is 2.91. The third-order valence-electron chi connectivity index (χ3n) is 4.23. The smallest absolute Gasteiger partial charge is 0.191 e. The summed E-state index contributed by atoms with van der Waals surface area (Å²) in [4.78, 5) is 13.1. The van der Waals surface area contributed by atoms with E-state index >= 15 is 0 Å². The highest BCUT2D eigenvalue weighted by molar-refractivity contribution is 14.0. The lowest BCUT2D eigenvalue weighted by atomic mass is 10.2. The van der Waals surface area contributed by atoms with Crippen LogP contribution in [0.3, 0.4) is 0 Å². The number of nitrogens with one attached hydrogen (secondary N) is 2. The van der Waals surface area contributed by atoms with E-state index in [2.05, 4.69) is 48.2 Å². The van der Waals surface area contributed by atoms with E-state index in [-0.39, 0.29) is 24.0 Å². The monoisotopic (exact) mass is 481 g/mol. The highest BCUT2D eigenvalue weighted by atomic mass is 127. The maximum absolute atomic E-state index is 5.41. The van der Waals surface area contributed by atoms with Crippen LogP contribution in [0.5, 0.6) is 0 Å². The van der Waals surface area contributed by atoms with E-state index in [1.807, 2.05) is 0 Å². The van der Waals surface area contributed by atoms with E-state index in [4.69, 9.17) is 9.73 Å². The zero-order chi connectivity index (χ0) is 17.4. The van der Waals surface area contributed by atoms with Crippen molar-refractivity contribution in [2.75, 3.05) is 45.9 Å². The topological polar surface area (TPSA) is 61.8 Å². The predicted molar refractivity (Wildman–Crippen MR) is 117 cm³/mol. The first-order valence-corrected chi connectivity index (χ1v) is 9.68. The maximum atomic E-state index is 5.41. The SMILES string of the molecule is CCNC(=NCC(C)N1CCOCC1)NCCc1nc(C)c(C)s1.I. The minimum absolute atomic E-state index is 0. The van der Waals surface area contributed by atoms with Crippen molar-refractivity contribution in [1.82, 2.24) is 20.5 Å². The van der Waals surface area contributed by atoms with Gasteiger partial charge in [-0.2, -0.15) is 0 Å². The number of rotatable bonds is 7. The summed E-state index contributed by atoms with van der Waals surface area (Å²) in [6.45, 7) is 14.7. The van der Waals surface area contributed by atoms with Crippen molar-refractivity contribution in [3.05, 3.63) is 15.6 Å². The summed E-state index contributed by atoms with van der Waals surface area (Å²) < 4.78 is 5.41. The van der Waals surface area contributed by atoms with Gasteiger partial charge in [0.05, 0.1) is 30.5 Å². The van der Waals surface area contributed by atoms with Crippen LogP contribution in [0.1, 0.15) is 29.4 Å². The molecule has 0 bridgehead atoms. The van der Waals surface area contributed by atoms with Gasteiger partial charge in [-0.05, 0) is 27.7 Å². The third kappa shape index (κ3) is 7.76. The Morgan fingerprint density at radius 1 is 1.32 bits per heavy atom. The summed E-state index contributed by atoms with van der Waals surface area (Å²) in [6, 6.07) is 0.439. The Bertz CT molecular complexity index is 512. The van der Waals surface area contributed by atoms with Crippen molar-refractivity contribution >= 4 is 41.3 Å². The zero-order valence-corrected chi connectivity index (χ0v) is 18.9. The second-order valence-electron chi connectivity index (χ2n) is 6.14. The molecule has 0 radical (unpaired) electrons. The zero-order valence-electron chi connectivity index (χ0n) is 15.8. The number of ether oxygens (including phenoxy) is 1. The fraction of sp³-hybridized carbons (Fsp3) is 0.765. The number of aryl methyl sites for hydroxylation is 2. The lowest BCUT2D eigenvalue weighted by Gasteiger charge is -2.31. The van der Waals surface area contributed by atoms with Crippen LogP contribution in [0.2, 0.25) is 0 Å². The second kappa shape index (κ2) is 12.0. The molecule has 25 heavy (non-hydrogen) atoms. The van der Waals surface area contributed by atoms with Gasteiger partial charge in [0, 0.05) is 43.5 Å². The molecule has 0 aromatic carbocycles. The molecular weight excluding hydrogens is 449 g/mol. The molecule has 1 aliphatic rings. The maximum Gasteiger partial charge on any atom is 0.191 e. The van der Waals surface area contributed by atoms with Crippen molar-refractivity contribution < 1.29 is 4.74 Å². The summed E-state index contributed by atoms with van der Waals surface area (Å²) in [5, 5.41) is 7.93. The van der Waals surface area contributed by atoms with E-state index in [0.29, 0.717) is 6.04 Å². The van der Waals surface area contributed by atoms with Gasteiger partial charge in [-0.1, -0.05) is 0 Å². The highest BCUT2D eigenvalue weighted by Gasteiger charge is 2.16. The summed E-state index contributed by atoms with van der Waals surface area (Å²) in [5.41, 5.74) is 1.15. The van der Waals surface area contributed by atoms with Crippen LogP contribution in [-0.4, -0.2) is 67.8 Å². The van der Waals surface area contributed by atoms with Gasteiger partial charge in [-0.3, -0.25) is 9.89 Å². The fourth-order valence-corrected chi connectivity index (χ4v) is 3.57. The van der Waals surface area contributed by atoms with E-state index in [1.54, 1.807) is 11.3 Å². The van der Waals surface area contributed by atoms with Crippen molar-refractivity contribution in [2.24, 2.45) is 4.99 Å². The number of guanidine groups is 1. The first-order valence-electron chi connectivity index (χ1n) is 8.87. The van der Waals surface area contributed by atoms with E-state index < -0.39 is 0 Å². The van der Waals surface area contributed by atoms with Gasteiger partial charge in [0.2, 0.25) is 0 Å². The molecule has 1 atom stereocenters. The lowest BCUT2D eigenvalue weighted by molar-refractivity contribution is 0.0220. The van der Waals surface area contributed by atoms with Crippen LogP contribution >= 0.6 is 35.3 Å². The van der Waals surface area contributed by atoms with E-state index in [9.17, 15) is 0 Å². The first kappa shape index (κ1) is 22.6. The Kier molecular flexibility index (Phi) is 10.9. The van der Waals surface area contributed by atoms with Crippen molar-refractivity contribution in [1.29, 1.82) is 0 Å². The number of nitrogens with zero attached hydrogens (tertiary/aromatic N) is 3. The Balaban J connectivity index is 0.00000312. The van der Waals surface area contributed by atoms with Gasteiger partial charge < -0.3 is 15.4 Å². The van der Waals surface area contributed by atoms with Crippen LogP contribution in [-0.2, 0) is 11.2 Å². The van der Waals surface area contributed by atoms with E-state index in [0.717, 1.165) is 64.0 Å². The molecule has 0 spiro atoms. The molecule has 2 heterocycles. The molecule has 1 fully saturated rings. The van der Waals surface area contributed by atoms with Crippen LogP contribution < -0.4 is 10.6 Å². The van der Waals surface area contributed by atoms with Crippen LogP contribution in [0.25, 0.3) is 0 Å². The van der Waals surface area contributed by atoms with Crippen LogP contribution in [0.4, 0.5) is 0 Å². The molecule has 1 saturated heterocycles. The van der Waals surface area contributed by atoms with Crippen LogP contribution in [0, 0.1) is 13.8 Å². The number of halogens is 1. The molecule has 2 N–H and O–H groups in total. The summed E-state index contributed by atoms with van der Waals surface area (Å²) >= 11 is 1.79. The number of hydrogen-bond donors (Lipinski definition) is 2. The van der Waals surface area contributed by atoms with Crippen molar-refractivity contribution in [3.8, 4) is 0 Å². The largest absolute Gasteiger partial charge is 0.379 e. The molecule has 0 aliphatic carbocycles. The van der Waals surface area contributed by atoms with Crippen molar-refractivity contribution in [3.63, 3.8) is 0 Å². The molecule has 0 amide bonds. The molecule has 8 heteroatoms. The number of thiazole rings is 1. The highest BCUT2D eigenvalue weighted by Crippen LogP contribution is 2.16. The second-order valence-corrected chi connectivity index (χ2v) is 7.43. The molecule has 0 saturated carbocycles. The molecule has 1 aromatic rings. The standard InChI is InChI=1S/C17H31N5OS.HI/c1-5-18-17(19-7-6-16-21-14(3)15(4)24-16)20-12-13(2)22-8-10-23-11-9-22;/h13H,5-12H2,1-4H3,(H2,18,19,20);1H. The minimum atomic E-state index is 0. The summed E-state index contributed by atoms with van der Waals surface area (Å²) in [6.07, 6.45) is 0.933. The molecule has 2 rings (SSSR count). The summed E-state index contributed by atoms with van der Waals surface area (Å²) in [7, 11) is 0. The first-order chi connectivity index (χ1) is 11.6. The Hall–Kier alpha value is -0.450. The number of aromatic nitrogens is 1. The fourth-order valence-electron chi connectivity index (χ4n) is 2.63. The normalized spacial score (nSPS) is 17.0. The average molecular weight is 481 g/mol. The molecule has 1 aromatic heterocycles.